The Morgan fingerprint density at radius 2 is 1.87 bits per heavy atom. The molecule has 15 heavy (non-hydrogen) atoms. The van der Waals surface area contributed by atoms with Crippen molar-refractivity contribution in [1.29, 1.82) is 0 Å². The molecule has 0 bridgehead atoms. The van der Waals surface area contributed by atoms with Crippen LogP contribution in [0.15, 0.2) is 23.1 Å². The van der Waals surface area contributed by atoms with Crippen LogP contribution in [0, 0.1) is 0 Å². The van der Waals surface area contributed by atoms with E-state index in [1.54, 1.807) is 6.26 Å². The second-order valence-corrected chi connectivity index (χ2v) is 5.01. The van der Waals surface area contributed by atoms with E-state index in [0.29, 0.717) is 0 Å². The van der Waals surface area contributed by atoms with E-state index in [0.717, 1.165) is 30.8 Å². The summed E-state index contributed by atoms with van der Waals surface area (Å²) in [6.45, 7) is 2.09. The number of fused-ring (bicyclic) bond motifs is 1. The Balaban J connectivity index is 0.00000112. The average Bonchev–Trinajstić information content (AvgIpc) is 2.41. The van der Waals surface area contributed by atoms with Crippen LogP contribution in [-0.4, -0.2) is 23.9 Å². The molecule has 84 valence electrons. The fraction of sp³-hybridized carbons (Fsp3) is 0.455. The highest BCUT2D eigenvalue weighted by atomic mass is 35.5. The van der Waals surface area contributed by atoms with Crippen LogP contribution in [0.5, 0.6) is 0 Å². The van der Waals surface area contributed by atoms with Gasteiger partial charge in [0.1, 0.15) is 6.26 Å². The molecule has 1 aliphatic heterocycles. The highest BCUT2D eigenvalue weighted by Crippen LogP contribution is 2.18. The van der Waals surface area contributed by atoms with E-state index in [2.05, 4.69) is 17.4 Å². The number of rotatable bonds is 1. The summed E-state index contributed by atoms with van der Waals surface area (Å²) in [5, 5.41) is 3.37. The SMILES string of the molecule is C[S+]([O-])c1ccc2c(c1)CCNCC2.Cl. The molecule has 0 aliphatic carbocycles. The van der Waals surface area contributed by atoms with Crippen LogP contribution in [-0.2, 0) is 24.0 Å². The summed E-state index contributed by atoms with van der Waals surface area (Å²) in [4.78, 5) is 0.950. The smallest absolute Gasteiger partial charge is 0.152 e. The van der Waals surface area contributed by atoms with Gasteiger partial charge < -0.3 is 9.87 Å². The van der Waals surface area contributed by atoms with Gasteiger partial charge in [-0.2, -0.15) is 0 Å². The zero-order valence-electron chi connectivity index (χ0n) is 8.79. The van der Waals surface area contributed by atoms with Crippen molar-refractivity contribution >= 4 is 23.6 Å². The Hall–Kier alpha value is -0.220. The van der Waals surface area contributed by atoms with Crippen LogP contribution in [0.1, 0.15) is 11.1 Å². The fourth-order valence-corrected chi connectivity index (χ4v) is 2.40. The zero-order chi connectivity index (χ0) is 9.97. The highest BCUT2D eigenvalue weighted by molar-refractivity contribution is 7.90. The minimum Gasteiger partial charge on any atom is -0.612 e. The molecule has 1 heterocycles. The lowest BCUT2D eigenvalue weighted by molar-refractivity contribution is 0.600. The van der Waals surface area contributed by atoms with E-state index < -0.39 is 11.2 Å². The maximum absolute atomic E-state index is 11.3. The molecule has 1 aromatic carbocycles. The lowest BCUT2D eigenvalue weighted by Gasteiger charge is -2.08. The summed E-state index contributed by atoms with van der Waals surface area (Å²) in [5.41, 5.74) is 2.77. The molecule has 1 unspecified atom stereocenters. The molecule has 1 atom stereocenters. The minimum absolute atomic E-state index is 0. The van der Waals surface area contributed by atoms with Crippen molar-refractivity contribution in [3.8, 4) is 0 Å². The van der Waals surface area contributed by atoms with Gasteiger partial charge >= 0.3 is 0 Å². The molecule has 0 spiro atoms. The summed E-state index contributed by atoms with van der Waals surface area (Å²) in [5.74, 6) is 0. The predicted octanol–water partition coefficient (Wildman–Crippen LogP) is 1.53. The molecule has 0 aromatic heterocycles. The predicted molar refractivity (Wildman–Crippen MR) is 66.3 cm³/mol. The van der Waals surface area contributed by atoms with Crippen LogP contribution >= 0.6 is 12.4 Å². The maximum Gasteiger partial charge on any atom is 0.152 e. The standard InChI is InChI=1S/C11H15NOS.ClH/c1-14(13)11-3-2-9-4-6-12-7-5-10(9)8-11;/h2-3,8,12H,4-7H2,1H3;1H. The van der Waals surface area contributed by atoms with Crippen molar-refractivity contribution in [3.63, 3.8) is 0 Å². The van der Waals surface area contributed by atoms with Crippen molar-refractivity contribution in [2.24, 2.45) is 0 Å². The molecule has 0 radical (unpaired) electrons. The molecule has 0 saturated heterocycles. The summed E-state index contributed by atoms with van der Waals surface area (Å²) >= 11 is -0.853. The first-order valence-corrected chi connectivity index (χ1v) is 6.49. The molecular weight excluding hydrogens is 230 g/mol. The lowest BCUT2D eigenvalue weighted by atomic mass is 10.0. The number of halogens is 1. The first-order chi connectivity index (χ1) is 6.77. The van der Waals surface area contributed by atoms with Crippen LogP contribution in [0.2, 0.25) is 0 Å². The first kappa shape index (κ1) is 12.8. The van der Waals surface area contributed by atoms with E-state index in [4.69, 9.17) is 0 Å². The topological polar surface area (TPSA) is 35.1 Å². The first-order valence-electron chi connectivity index (χ1n) is 4.93. The van der Waals surface area contributed by atoms with Crippen molar-refractivity contribution in [3.05, 3.63) is 29.3 Å². The molecule has 0 fully saturated rings. The Bertz CT molecular complexity index is 330. The summed E-state index contributed by atoms with van der Waals surface area (Å²) in [6, 6.07) is 6.21. The van der Waals surface area contributed by atoms with E-state index >= 15 is 0 Å². The minimum atomic E-state index is -0.853. The van der Waals surface area contributed by atoms with Crippen LogP contribution in [0.3, 0.4) is 0 Å². The molecule has 0 saturated carbocycles. The Kier molecular flexibility index (Phi) is 4.93. The van der Waals surface area contributed by atoms with Crippen LogP contribution in [0.4, 0.5) is 0 Å². The molecule has 2 rings (SSSR count). The van der Waals surface area contributed by atoms with Gasteiger partial charge in [0.25, 0.3) is 0 Å². The third kappa shape index (κ3) is 3.11. The second-order valence-electron chi connectivity index (χ2n) is 3.63. The summed E-state index contributed by atoms with van der Waals surface area (Å²) in [6.07, 6.45) is 3.88. The number of nitrogens with one attached hydrogen (secondary N) is 1. The molecule has 0 amide bonds. The third-order valence-corrected chi connectivity index (χ3v) is 3.57. The van der Waals surface area contributed by atoms with Gasteiger partial charge in [0.2, 0.25) is 0 Å². The number of benzene rings is 1. The van der Waals surface area contributed by atoms with Gasteiger partial charge in [0.15, 0.2) is 4.90 Å². The number of hydrogen-bond donors (Lipinski definition) is 1. The Morgan fingerprint density at radius 3 is 2.53 bits per heavy atom. The summed E-state index contributed by atoms with van der Waals surface area (Å²) < 4.78 is 11.3. The van der Waals surface area contributed by atoms with Gasteiger partial charge in [-0.3, -0.25) is 0 Å². The molecule has 1 aromatic rings. The fourth-order valence-electron chi connectivity index (χ4n) is 1.83. The van der Waals surface area contributed by atoms with Crippen molar-refractivity contribution in [1.82, 2.24) is 5.32 Å². The number of hydrogen-bond acceptors (Lipinski definition) is 2. The zero-order valence-corrected chi connectivity index (χ0v) is 10.4. The van der Waals surface area contributed by atoms with Gasteiger partial charge in [-0.15, -0.1) is 12.4 Å². The monoisotopic (exact) mass is 245 g/mol. The highest BCUT2D eigenvalue weighted by Gasteiger charge is 2.11. The second kappa shape index (κ2) is 5.75. The Morgan fingerprint density at radius 1 is 1.20 bits per heavy atom. The quantitative estimate of drug-likeness (QED) is 0.762. The van der Waals surface area contributed by atoms with Gasteiger partial charge in [-0.05, 0) is 60.4 Å². The Labute approximate surface area is 100 Å². The summed E-state index contributed by atoms with van der Waals surface area (Å²) in [7, 11) is 0. The maximum atomic E-state index is 11.3. The van der Waals surface area contributed by atoms with Gasteiger partial charge in [0.05, 0.1) is 0 Å². The normalized spacial score (nSPS) is 17.2. The van der Waals surface area contributed by atoms with Crippen molar-refractivity contribution in [2.75, 3.05) is 19.3 Å². The molecule has 1 N–H and O–H groups in total. The molecule has 1 aliphatic rings. The van der Waals surface area contributed by atoms with Gasteiger partial charge in [-0.1, -0.05) is 6.07 Å². The lowest BCUT2D eigenvalue weighted by Crippen LogP contribution is -2.16. The van der Waals surface area contributed by atoms with Crippen molar-refractivity contribution in [2.45, 2.75) is 17.7 Å². The van der Waals surface area contributed by atoms with Crippen LogP contribution < -0.4 is 5.32 Å². The van der Waals surface area contributed by atoms with E-state index in [9.17, 15) is 4.55 Å². The van der Waals surface area contributed by atoms with Crippen molar-refractivity contribution < 1.29 is 4.55 Å². The average molecular weight is 246 g/mol. The van der Waals surface area contributed by atoms with E-state index in [1.807, 2.05) is 6.07 Å². The van der Waals surface area contributed by atoms with E-state index in [-0.39, 0.29) is 12.4 Å². The molecule has 2 nitrogen and oxygen atoms in total. The molecular formula is C11H16ClNOS. The van der Waals surface area contributed by atoms with Crippen LogP contribution in [0.25, 0.3) is 0 Å². The van der Waals surface area contributed by atoms with E-state index in [1.165, 1.54) is 11.1 Å². The van der Waals surface area contributed by atoms with Gasteiger partial charge in [0, 0.05) is 0 Å². The largest absolute Gasteiger partial charge is 0.612 e. The third-order valence-electron chi connectivity index (χ3n) is 2.65. The molecule has 4 heteroatoms. The van der Waals surface area contributed by atoms with Gasteiger partial charge in [-0.25, -0.2) is 0 Å².